The number of ether oxygens (including phenoxy) is 3. The lowest BCUT2D eigenvalue weighted by atomic mass is 9.82. The monoisotopic (exact) mass is 612 g/mol. The molecular formula is C32H45ClN6O4. The van der Waals surface area contributed by atoms with Gasteiger partial charge in [-0.3, -0.25) is 0 Å². The number of aromatic nitrogens is 2. The molecule has 0 bridgehead atoms. The molecule has 1 saturated heterocycles. The Morgan fingerprint density at radius 3 is 2.63 bits per heavy atom. The maximum Gasteiger partial charge on any atom is 0.337 e. The second-order valence-electron chi connectivity index (χ2n) is 12.1. The fourth-order valence-electron chi connectivity index (χ4n) is 5.51. The van der Waals surface area contributed by atoms with Crippen molar-refractivity contribution in [1.82, 2.24) is 15.3 Å². The van der Waals surface area contributed by atoms with Gasteiger partial charge in [0, 0.05) is 49.6 Å². The fourth-order valence-corrected chi connectivity index (χ4v) is 5.71. The Kier molecular flexibility index (Phi) is 11.6. The first-order valence-electron chi connectivity index (χ1n) is 15.3. The Balaban J connectivity index is 1.28. The first kappa shape index (κ1) is 32.9. The lowest BCUT2D eigenvalue weighted by Crippen LogP contribution is -2.45. The van der Waals surface area contributed by atoms with Gasteiger partial charge in [-0.2, -0.15) is 5.26 Å². The molecule has 2 aliphatic rings. The molecule has 0 spiro atoms. The van der Waals surface area contributed by atoms with Crippen LogP contribution in [0, 0.1) is 16.7 Å². The van der Waals surface area contributed by atoms with Crippen molar-refractivity contribution >= 4 is 29.2 Å². The maximum absolute atomic E-state index is 12.1. The zero-order valence-electron chi connectivity index (χ0n) is 25.7. The lowest BCUT2D eigenvalue weighted by molar-refractivity contribution is -0.168. The van der Waals surface area contributed by atoms with Gasteiger partial charge in [-0.25, -0.2) is 14.8 Å². The van der Waals surface area contributed by atoms with Crippen LogP contribution in [0.2, 0.25) is 5.02 Å². The van der Waals surface area contributed by atoms with Crippen LogP contribution in [-0.4, -0.2) is 72.6 Å². The van der Waals surface area contributed by atoms with Crippen LogP contribution in [0.4, 0.5) is 11.6 Å². The van der Waals surface area contributed by atoms with E-state index in [4.69, 9.17) is 30.8 Å². The molecule has 1 atom stereocenters. The topological polar surface area (TPSA) is 130 Å². The highest BCUT2D eigenvalue weighted by Gasteiger charge is 2.33. The molecule has 1 aliphatic carbocycles. The van der Waals surface area contributed by atoms with Crippen molar-refractivity contribution in [3.8, 4) is 17.3 Å². The Bertz CT molecular complexity index is 1250. The summed E-state index contributed by atoms with van der Waals surface area (Å²) in [6.45, 7) is 9.86. The number of pyridine rings is 2. The average Bonchev–Trinajstić information content (AvgIpc) is 3.02. The first-order valence-corrected chi connectivity index (χ1v) is 15.7. The standard InChI is InChI=1S/C32H45ClN6O4/c1-5-42-30(40)31(3,4)43-19-22(2)37-23-9-11-24(12-10-23)38-29-17-25(26(33)18-35-29)27-7-6-8-28(39-27)36-21-32(20-34)13-15-41-16-14-32/h6-8,17-18,22-24,37H,5,9-16,19,21H2,1-4H3,(H,35,38)(H,36,39)/t22-,23-,24-/m0/s1. The molecule has 2 fully saturated rings. The van der Waals surface area contributed by atoms with Gasteiger partial charge in [0.05, 0.1) is 35.4 Å². The van der Waals surface area contributed by atoms with Crippen molar-refractivity contribution < 1.29 is 19.0 Å². The number of nitriles is 1. The van der Waals surface area contributed by atoms with E-state index in [9.17, 15) is 10.1 Å². The molecule has 10 nitrogen and oxygen atoms in total. The van der Waals surface area contributed by atoms with Crippen molar-refractivity contribution in [2.75, 3.05) is 43.6 Å². The molecule has 0 amide bonds. The van der Waals surface area contributed by atoms with Crippen LogP contribution >= 0.6 is 11.6 Å². The molecule has 3 heterocycles. The lowest BCUT2D eigenvalue weighted by Gasteiger charge is -2.33. The average molecular weight is 613 g/mol. The van der Waals surface area contributed by atoms with Crippen LogP contribution in [0.15, 0.2) is 30.5 Å². The highest BCUT2D eigenvalue weighted by molar-refractivity contribution is 6.33. The van der Waals surface area contributed by atoms with Crippen molar-refractivity contribution in [3.05, 3.63) is 35.5 Å². The Morgan fingerprint density at radius 2 is 1.93 bits per heavy atom. The number of nitrogens with one attached hydrogen (secondary N) is 3. The quantitative estimate of drug-likeness (QED) is 0.246. The van der Waals surface area contributed by atoms with Crippen molar-refractivity contribution in [3.63, 3.8) is 0 Å². The minimum Gasteiger partial charge on any atom is -0.464 e. The summed E-state index contributed by atoms with van der Waals surface area (Å²) in [4.78, 5) is 21.4. The molecule has 0 unspecified atom stereocenters. The van der Waals surface area contributed by atoms with Gasteiger partial charge < -0.3 is 30.2 Å². The normalized spacial score (nSPS) is 20.9. The van der Waals surface area contributed by atoms with Gasteiger partial charge in [-0.05, 0) is 84.4 Å². The van der Waals surface area contributed by atoms with Gasteiger partial charge >= 0.3 is 5.97 Å². The van der Waals surface area contributed by atoms with Gasteiger partial charge in [0.15, 0.2) is 5.60 Å². The summed E-state index contributed by atoms with van der Waals surface area (Å²) < 4.78 is 16.4. The van der Waals surface area contributed by atoms with Crippen LogP contribution in [0.1, 0.15) is 66.2 Å². The molecule has 2 aromatic heterocycles. The zero-order valence-corrected chi connectivity index (χ0v) is 26.5. The summed E-state index contributed by atoms with van der Waals surface area (Å²) in [7, 11) is 0. The van der Waals surface area contributed by atoms with Crippen molar-refractivity contribution in [2.45, 2.75) is 89.9 Å². The summed E-state index contributed by atoms with van der Waals surface area (Å²) in [5.41, 5.74) is 0.145. The van der Waals surface area contributed by atoms with Gasteiger partial charge in [0.1, 0.15) is 11.6 Å². The van der Waals surface area contributed by atoms with Gasteiger partial charge in [0.25, 0.3) is 0 Å². The number of anilines is 2. The Hall–Kier alpha value is -2.97. The summed E-state index contributed by atoms with van der Waals surface area (Å²) >= 11 is 6.57. The highest BCUT2D eigenvalue weighted by atomic mass is 35.5. The van der Waals surface area contributed by atoms with Crippen LogP contribution in [0.25, 0.3) is 11.3 Å². The third-order valence-electron chi connectivity index (χ3n) is 8.24. The molecule has 234 valence electrons. The van der Waals surface area contributed by atoms with Gasteiger partial charge in [-0.15, -0.1) is 0 Å². The van der Waals surface area contributed by atoms with Crippen LogP contribution < -0.4 is 16.0 Å². The summed E-state index contributed by atoms with van der Waals surface area (Å²) in [5.74, 6) is 1.13. The second kappa shape index (κ2) is 15.2. The van der Waals surface area contributed by atoms with E-state index in [1.54, 1.807) is 27.0 Å². The smallest absolute Gasteiger partial charge is 0.337 e. The Labute approximate surface area is 260 Å². The molecule has 0 radical (unpaired) electrons. The highest BCUT2D eigenvalue weighted by Crippen LogP contribution is 2.32. The van der Waals surface area contributed by atoms with Crippen LogP contribution in [-0.2, 0) is 19.0 Å². The molecule has 4 rings (SSSR count). The van der Waals surface area contributed by atoms with Gasteiger partial charge in [0.2, 0.25) is 0 Å². The van der Waals surface area contributed by atoms with Crippen LogP contribution in [0.3, 0.4) is 0 Å². The third-order valence-corrected chi connectivity index (χ3v) is 8.54. The van der Waals surface area contributed by atoms with Crippen LogP contribution in [0.5, 0.6) is 0 Å². The van der Waals surface area contributed by atoms with Crippen molar-refractivity contribution in [1.29, 1.82) is 5.26 Å². The maximum atomic E-state index is 12.1. The molecule has 11 heteroatoms. The Morgan fingerprint density at radius 1 is 1.21 bits per heavy atom. The molecule has 1 aliphatic heterocycles. The molecular weight excluding hydrogens is 568 g/mol. The first-order chi connectivity index (χ1) is 20.6. The predicted octanol–water partition coefficient (Wildman–Crippen LogP) is 5.59. The summed E-state index contributed by atoms with van der Waals surface area (Å²) in [5, 5.41) is 20.9. The van der Waals surface area contributed by atoms with E-state index in [1.807, 2.05) is 24.3 Å². The number of halogens is 1. The number of carbonyl (C=O) groups excluding carboxylic acids is 1. The van der Waals surface area contributed by atoms with Crippen molar-refractivity contribution in [2.24, 2.45) is 5.41 Å². The largest absolute Gasteiger partial charge is 0.464 e. The molecule has 43 heavy (non-hydrogen) atoms. The van der Waals surface area contributed by atoms with E-state index in [1.165, 1.54) is 0 Å². The van der Waals surface area contributed by atoms with E-state index >= 15 is 0 Å². The number of carbonyl (C=O) groups is 1. The number of rotatable bonds is 13. The summed E-state index contributed by atoms with van der Waals surface area (Å²) in [6.07, 6.45) is 7.14. The van der Waals surface area contributed by atoms with E-state index < -0.39 is 11.0 Å². The summed E-state index contributed by atoms with van der Waals surface area (Å²) in [6, 6.07) is 11.0. The van der Waals surface area contributed by atoms with E-state index in [2.05, 4.69) is 33.9 Å². The second-order valence-corrected chi connectivity index (χ2v) is 12.5. The number of esters is 1. The minimum atomic E-state index is -0.962. The minimum absolute atomic E-state index is 0.114. The third kappa shape index (κ3) is 9.26. The molecule has 2 aromatic rings. The zero-order chi connectivity index (χ0) is 30.9. The van der Waals surface area contributed by atoms with Gasteiger partial charge in [-0.1, -0.05) is 17.7 Å². The SMILES string of the molecule is CCOC(=O)C(C)(C)OC[C@H](C)N[C@H]1CC[C@H](Nc2cc(-c3cccc(NCC4(C#N)CCOCC4)n3)c(Cl)cn2)CC1. The number of nitrogens with zero attached hydrogens (tertiary/aromatic N) is 3. The molecule has 0 aromatic carbocycles. The van der Waals surface area contributed by atoms with E-state index in [0.29, 0.717) is 68.7 Å². The van der Waals surface area contributed by atoms with E-state index in [-0.39, 0.29) is 12.0 Å². The van der Waals surface area contributed by atoms with E-state index in [0.717, 1.165) is 42.8 Å². The number of hydrogen-bond donors (Lipinski definition) is 3. The molecule has 1 saturated carbocycles. The predicted molar refractivity (Wildman–Crippen MR) is 168 cm³/mol. The fraction of sp³-hybridized carbons (Fsp3) is 0.625. The molecule has 3 N–H and O–H groups in total. The number of hydrogen-bond acceptors (Lipinski definition) is 10.